The third kappa shape index (κ3) is 1.34. The molecule has 3 nitrogen and oxygen atoms in total. The van der Waals surface area contributed by atoms with Crippen LogP contribution in [-0.2, 0) is 4.79 Å². The van der Waals surface area contributed by atoms with Crippen molar-refractivity contribution in [3.05, 3.63) is 48.0 Å². The van der Waals surface area contributed by atoms with Crippen LogP contribution in [0.1, 0.15) is 5.56 Å². The molecule has 78 valence electrons. The van der Waals surface area contributed by atoms with Crippen LogP contribution in [0, 0.1) is 0 Å². The average Bonchev–Trinajstić information content (AvgIpc) is 2.52. The average molecular weight is 211 g/mol. The van der Waals surface area contributed by atoms with Crippen molar-refractivity contribution in [3.63, 3.8) is 0 Å². The topological polar surface area (TPSA) is 38.3 Å². The van der Waals surface area contributed by atoms with E-state index in [1.807, 2.05) is 36.4 Å². The van der Waals surface area contributed by atoms with Crippen LogP contribution in [0.5, 0.6) is 5.75 Å². The molecule has 1 aliphatic heterocycles. The molecule has 2 aromatic carbocycles. The van der Waals surface area contributed by atoms with Gasteiger partial charge in [-0.2, -0.15) is 5.48 Å². The number of nitrogens with one attached hydrogen (secondary N) is 1. The molecule has 0 atom stereocenters. The van der Waals surface area contributed by atoms with Crippen LogP contribution in [0.2, 0.25) is 0 Å². The van der Waals surface area contributed by atoms with E-state index in [1.165, 1.54) is 6.08 Å². The number of hydrogen-bond donors (Lipinski definition) is 1. The number of fused-ring (bicyclic) bond motifs is 3. The summed E-state index contributed by atoms with van der Waals surface area (Å²) in [6, 6.07) is 11.8. The van der Waals surface area contributed by atoms with Crippen LogP contribution >= 0.6 is 0 Å². The summed E-state index contributed by atoms with van der Waals surface area (Å²) in [6.45, 7) is 0. The number of carbonyl (C=O) groups excluding carboxylic acids is 1. The molecule has 2 aromatic rings. The summed E-state index contributed by atoms with van der Waals surface area (Å²) < 4.78 is 0. The first-order valence-corrected chi connectivity index (χ1v) is 5.01. The molecular weight excluding hydrogens is 202 g/mol. The highest BCUT2D eigenvalue weighted by atomic mass is 16.7. The maximum atomic E-state index is 11.2. The fourth-order valence-corrected chi connectivity index (χ4v) is 1.83. The number of amides is 1. The number of benzene rings is 2. The first kappa shape index (κ1) is 8.97. The molecule has 0 saturated carbocycles. The molecule has 0 saturated heterocycles. The van der Waals surface area contributed by atoms with Gasteiger partial charge < -0.3 is 4.84 Å². The molecule has 16 heavy (non-hydrogen) atoms. The van der Waals surface area contributed by atoms with Crippen molar-refractivity contribution in [1.82, 2.24) is 5.48 Å². The van der Waals surface area contributed by atoms with E-state index in [-0.39, 0.29) is 5.91 Å². The summed E-state index contributed by atoms with van der Waals surface area (Å²) in [7, 11) is 0. The Morgan fingerprint density at radius 3 is 2.81 bits per heavy atom. The highest BCUT2D eigenvalue weighted by Crippen LogP contribution is 2.29. The molecule has 3 rings (SSSR count). The SMILES string of the molecule is O=C1C=Cc2c(ccc3ccccc23)ON1. The Hall–Kier alpha value is -2.29. The van der Waals surface area contributed by atoms with E-state index in [0.717, 1.165) is 16.3 Å². The molecule has 1 amide bonds. The molecule has 0 radical (unpaired) electrons. The fourth-order valence-electron chi connectivity index (χ4n) is 1.83. The van der Waals surface area contributed by atoms with Gasteiger partial charge in [0.2, 0.25) is 0 Å². The van der Waals surface area contributed by atoms with E-state index in [9.17, 15) is 4.79 Å². The second-order valence-corrected chi connectivity index (χ2v) is 3.60. The zero-order valence-corrected chi connectivity index (χ0v) is 8.44. The van der Waals surface area contributed by atoms with E-state index in [2.05, 4.69) is 5.48 Å². The van der Waals surface area contributed by atoms with Gasteiger partial charge in [-0.3, -0.25) is 4.79 Å². The Morgan fingerprint density at radius 2 is 1.88 bits per heavy atom. The van der Waals surface area contributed by atoms with Gasteiger partial charge in [-0.25, -0.2) is 0 Å². The van der Waals surface area contributed by atoms with Crippen molar-refractivity contribution in [2.24, 2.45) is 0 Å². The van der Waals surface area contributed by atoms with Gasteiger partial charge in [0.15, 0.2) is 5.75 Å². The minimum atomic E-state index is -0.250. The predicted octanol–water partition coefficient (Wildman–Crippen LogP) is 2.28. The molecule has 1 N–H and O–H groups in total. The molecule has 0 bridgehead atoms. The summed E-state index contributed by atoms with van der Waals surface area (Å²) in [5.74, 6) is 0.418. The van der Waals surface area contributed by atoms with E-state index in [0.29, 0.717) is 5.75 Å². The smallest absolute Gasteiger partial charge is 0.276 e. The zero-order valence-electron chi connectivity index (χ0n) is 8.44. The van der Waals surface area contributed by atoms with Gasteiger partial charge in [0, 0.05) is 11.6 Å². The van der Waals surface area contributed by atoms with Crippen molar-refractivity contribution >= 4 is 22.8 Å². The fraction of sp³-hybridized carbons (Fsp3) is 0. The number of hydrogen-bond acceptors (Lipinski definition) is 2. The molecule has 1 heterocycles. The molecule has 0 fully saturated rings. The van der Waals surface area contributed by atoms with Crippen molar-refractivity contribution in [2.45, 2.75) is 0 Å². The van der Waals surface area contributed by atoms with E-state index < -0.39 is 0 Å². The molecular formula is C13H9NO2. The third-order valence-electron chi connectivity index (χ3n) is 2.59. The minimum absolute atomic E-state index is 0.250. The zero-order chi connectivity index (χ0) is 11.0. The lowest BCUT2D eigenvalue weighted by Gasteiger charge is -2.08. The maximum absolute atomic E-state index is 11.2. The standard InChI is InChI=1S/C13H9NO2/c15-13-8-6-11-10-4-2-1-3-9(10)5-7-12(11)16-14-13/h1-8H,(H,14,15). The first-order valence-electron chi connectivity index (χ1n) is 5.01. The van der Waals surface area contributed by atoms with Crippen LogP contribution in [-0.4, -0.2) is 5.91 Å². The van der Waals surface area contributed by atoms with Crippen LogP contribution in [0.4, 0.5) is 0 Å². The highest BCUT2D eigenvalue weighted by molar-refractivity contribution is 5.99. The Balaban J connectivity index is 2.32. The summed E-state index contributed by atoms with van der Waals surface area (Å²) in [4.78, 5) is 16.4. The number of hydroxylamine groups is 1. The third-order valence-corrected chi connectivity index (χ3v) is 2.59. The predicted molar refractivity (Wildman–Crippen MR) is 61.8 cm³/mol. The molecule has 1 aliphatic rings. The number of carbonyl (C=O) groups is 1. The Morgan fingerprint density at radius 1 is 1.00 bits per heavy atom. The number of rotatable bonds is 0. The Labute approximate surface area is 92.3 Å². The van der Waals surface area contributed by atoms with Crippen molar-refractivity contribution in [3.8, 4) is 5.75 Å². The first-order chi connectivity index (χ1) is 7.84. The molecule has 0 aromatic heterocycles. The van der Waals surface area contributed by atoms with Crippen LogP contribution in [0.3, 0.4) is 0 Å². The van der Waals surface area contributed by atoms with Gasteiger partial charge in [0.05, 0.1) is 0 Å². The summed E-state index contributed by atoms with van der Waals surface area (Å²) in [5.41, 5.74) is 3.27. The van der Waals surface area contributed by atoms with E-state index >= 15 is 0 Å². The normalized spacial score (nSPS) is 13.9. The van der Waals surface area contributed by atoms with E-state index in [4.69, 9.17) is 4.84 Å². The van der Waals surface area contributed by atoms with Gasteiger partial charge in [0.1, 0.15) is 0 Å². The van der Waals surface area contributed by atoms with Gasteiger partial charge in [-0.1, -0.05) is 30.3 Å². The summed E-state index contributed by atoms with van der Waals surface area (Å²) in [6.07, 6.45) is 3.25. The highest BCUT2D eigenvalue weighted by Gasteiger charge is 2.11. The van der Waals surface area contributed by atoms with Gasteiger partial charge in [0.25, 0.3) is 5.91 Å². The second-order valence-electron chi connectivity index (χ2n) is 3.60. The minimum Gasteiger partial charge on any atom is -0.379 e. The molecule has 0 unspecified atom stereocenters. The van der Waals surface area contributed by atoms with Gasteiger partial charge in [-0.15, -0.1) is 0 Å². The van der Waals surface area contributed by atoms with Crippen molar-refractivity contribution in [2.75, 3.05) is 0 Å². The molecule has 0 aliphatic carbocycles. The Kier molecular flexibility index (Phi) is 1.90. The lowest BCUT2D eigenvalue weighted by atomic mass is 10.0. The monoisotopic (exact) mass is 211 g/mol. The molecule has 0 spiro atoms. The Bertz CT molecular complexity index is 602. The van der Waals surface area contributed by atoms with E-state index in [1.54, 1.807) is 6.08 Å². The molecule has 3 heteroatoms. The van der Waals surface area contributed by atoms with Gasteiger partial charge in [-0.05, 0) is 22.9 Å². The summed E-state index contributed by atoms with van der Waals surface area (Å²) >= 11 is 0. The van der Waals surface area contributed by atoms with Crippen LogP contribution in [0.15, 0.2) is 42.5 Å². The van der Waals surface area contributed by atoms with Crippen molar-refractivity contribution < 1.29 is 9.63 Å². The second kappa shape index (κ2) is 3.38. The lowest BCUT2D eigenvalue weighted by molar-refractivity contribution is -0.122. The quantitative estimate of drug-likeness (QED) is 0.726. The van der Waals surface area contributed by atoms with Gasteiger partial charge >= 0.3 is 0 Å². The van der Waals surface area contributed by atoms with Crippen LogP contribution < -0.4 is 10.3 Å². The maximum Gasteiger partial charge on any atom is 0.276 e. The van der Waals surface area contributed by atoms with Crippen LogP contribution in [0.25, 0.3) is 16.8 Å². The van der Waals surface area contributed by atoms with Crippen molar-refractivity contribution in [1.29, 1.82) is 0 Å². The lowest BCUT2D eigenvalue weighted by Crippen LogP contribution is -2.23. The largest absolute Gasteiger partial charge is 0.379 e. The summed E-state index contributed by atoms with van der Waals surface area (Å²) in [5, 5.41) is 2.21.